The smallest absolute Gasteiger partial charge is 0.130 e. The quantitative estimate of drug-likeness (QED) is 0.219. The number of thioether (sulfide) groups is 1. The Kier molecular flexibility index (Phi) is 3.60. The zero-order valence-corrected chi connectivity index (χ0v) is 7.80. The second-order valence-corrected chi connectivity index (χ2v) is 3.46. The summed E-state index contributed by atoms with van der Waals surface area (Å²) in [5, 5.41) is 0. The van der Waals surface area contributed by atoms with Gasteiger partial charge in [-0.2, -0.15) is 0 Å². The normalized spacial score (nSPS) is 9.62. The van der Waals surface area contributed by atoms with Crippen molar-refractivity contribution in [2.45, 2.75) is 4.90 Å². The van der Waals surface area contributed by atoms with E-state index in [0.29, 0.717) is 17.1 Å². The molecule has 0 aliphatic carbocycles. The van der Waals surface area contributed by atoms with Crippen LogP contribution in [0, 0.1) is 0 Å². The van der Waals surface area contributed by atoms with Gasteiger partial charge < -0.3 is 16.0 Å². The van der Waals surface area contributed by atoms with Crippen LogP contribution < -0.4 is 17.0 Å². The number of benzene rings is 1. The Morgan fingerprint density at radius 1 is 1.54 bits per heavy atom. The van der Waals surface area contributed by atoms with Crippen LogP contribution in [0.15, 0.2) is 23.1 Å². The molecule has 0 unspecified atom stereocenters. The molecule has 5 N–H and O–H groups in total. The van der Waals surface area contributed by atoms with Crippen LogP contribution >= 0.6 is 11.8 Å². The van der Waals surface area contributed by atoms with Gasteiger partial charge in [0.05, 0.1) is 17.1 Å². The molecule has 1 aromatic carbocycles. The lowest BCUT2D eigenvalue weighted by atomic mass is 10.3. The number of hydrogen-bond donors (Lipinski definition) is 3. The fourth-order valence-electron chi connectivity index (χ4n) is 0.880. The Labute approximate surface area is 80.6 Å². The summed E-state index contributed by atoms with van der Waals surface area (Å²) in [7, 11) is 0. The lowest BCUT2D eigenvalue weighted by Gasteiger charge is -2.06. The Balaban J connectivity index is 2.79. The molecule has 13 heavy (non-hydrogen) atoms. The van der Waals surface area contributed by atoms with E-state index in [1.807, 2.05) is 12.1 Å². The van der Waals surface area contributed by atoms with Crippen LogP contribution in [0.25, 0.3) is 0 Å². The first-order chi connectivity index (χ1) is 6.27. The van der Waals surface area contributed by atoms with E-state index in [1.165, 1.54) is 11.8 Å². The number of carbonyl (C=O) groups excluding carboxylic acids is 1. The van der Waals surface area contributed by atoms with E-state index >= 15 is 0 Å². The molecule has 1 rings (SSSR count). The maximum atomic E-state index is 10.1. The molecule has 0 atom stereocenters. The van der Waals surface area contributed by atoms with Gasteiger partial charge in [0.2, 0.25) is 0 Å². The number of nitrogens with two attached hydrogens (primary N) is 2. The van der Waals surface area contributed by atoms with Crippen molar-refractivity contribution in [3.8, 4) is 0 Å². The molecule has 0 bridgehead atoms. The van der Waals surface area contributed by atoms with Crippen LogP contribution in [0.4, 0.5) is 11.4 Å². The highest BCUT2D eigenvalue weighted by atomic mass is 32.2. The van der Waals surface area contributed by atoms with Crippen LogP contribution in [0.2, 0.25) is 0 Å². The number of rotatable bonds is 4. The summed E-state index contributed by atoms with van der Waals surface area (Å²) in [4.78, 5) is 11.1. The Hall–Kier alpha value is -1.20. The van der Waals surface area contributed by atoms with Crippen LogP contribution in [0.3, 0.4) is 0 Å². The van der Waals surface area contributed by atoms with E-state index in [1.54, 1.807) is 6.07 Å². The molecular weight excluding hydrogens is 186 g/mol. The largest absolute Gasteiger partial charge is 0.397 e. The molecule has 0 saturated heterocycles. The van der Waals surface area contributed by atoms with Gasteiger partial charge in [-0.25, -0.2) is 0 Å². The summed E-state index contributed by atoms with van der Waals surface area (Å²) < 4.78 is 0. The second kappa shape index (κ2) is 4.74. The summed E-state index contributed by atoms with van der Waals surface area (Å²) in [6, 6.07) is 5.41. The SMILES string of the molecule is NNc1cc(SCC=O)ccc1N. The third-order valence-corrected chi connectivity index (χ3v) is 2.39. The average Bonchev–Trinajstić information content (AvgIpc) is 2.16. The number of hydrogen-bond acceptors (Lipinski definition) is 5. The van der Waals surface area contributed by atoms with Crippen molar-refractivity contribution in [2.24, 2.45) is 5.84 Å². The van der Waals surface area contributed by atoms with Gasteiger partial charge in [-0.15, -0.1) is 11.8 Å². The van der Waals surface area contributed by atoms with Crippen molar-refractivity contribution < 1.29 is 4.79 Å². The topological polar surface area (TPSA) is 81.1 Å². The van der Waals surface area contributed by atoms with Crippen molar-refractivity contribution in [1.29, 1.82) is 0 Å². The van der Waals surface area contributed by atoms with Gasteiger partial charge in [-0.1, -0.05) is 0 Å². The number of carbonyl (C=O) groups is 1. The molecule has 0 aliphatic rings. The molecule has 0 heterocycles. The number of nitrogens with one attached hydrogen (secondary N) is 1. The second-order valence-electron chi connectivity index (χ2n) is 2.37. The third-order valence-electron chi connectivity index (χ3n) is 1.50. The zero-order chi connectivity index (χ0) is 9.68. The summed E-state index contributed by atoms with van der Waals surface area (Å²) >= 11 is 1.44. The molecule has 0 spiro atoms. The molecule has 70 valence electrons. The van der Waals surface area contributed by atoms with Gasteiger partial charge in [0.25, 0.3) is 0 Å². The highest BCUT2D eigenvalue weighted by Crippen LogP contribution is 2.25. The van der Waals surface area contributed by atoms with E-state index in [-0.39, 0.29) is 0 Å². The van der Waals surface area contributed by atoms with Gasteiger partial charge in [0, 0.05) is 4.90 Å². The Bertz CT molecular complexity index is 303. The molecule has 0 amide bonds. The van der Waals surface area contributed by atoms with Crippen molar-refractivity contribution >= 4 is 29.4 Å². The first-order valence-corrected chi connectivity index (χ1v) is 4.69. The third kappa shape index (κ3) is 2.64. The maximum absolute atomic E-state index is 10.1. The van der Waals surface area contributed by atoms with E-state index in [4.69, 9.17) is 11.6 Å². The minimum absolute atomic E-state index is 0.438. The highest BCUT2D eigenvalue weighted by Gasteiger charge is 1.99. The monoisotopic (exact) mass is 197 g/mol. The van der Waals surface area contributed by atoms with Gasteiger partial charge in [-0.05, 0) is 18.2 Å². The standard InChI is InChI=1S/C8H11N3OS/c9-7-2-1-6(13-4-3-12)5-8(7)11-10/h1-3,5,11H,4,9-10H2. The summed E-state index contributed by atoms with van der Waals surface area (Å²) in [6.07, 6.45) is 0.858. The number of hydrazine groups is 1. The first-order valence-electron chi connectivity index (χ1n) is 3.70. The minimum atomic E-state index is 0.438. The van der Waals surface area contributed by atoms with Crippen molar-refractivity contribution in [3.05, 3.63) is 18.2 Å². The predicted molar refractivity (Wildman–Crippen MR) is 55.5 cm³/mol. The van der Waals surface area contributed by atoms with Gasteiger partial charge >= 0.3 is 0 Å². The van der Waals surface area contributed by atoms with Crippen molar-refractivity contribution in [1.82, 2.24) is 0 Å². The zero-order valence-electron chi connectivity index (χ0n) is 6.99. The van der Waals surface area contributed by atoms with Gasteiger partial charge in [0.15, 0.2) is 0 Å². The number of anilines is 2. The lowest BCUT2D eigenvalue weighted by molar-refractivity contribution is -0.105. The van der Waals surface area contributed by atoms with Gasteiger partial charge in [-0.3, -0.25) is 5.84 Å². The van der Waals surface area contributed by atoms with Crippen molar-refractivity contribution in [2.75, 3.05) is 16.9 Å². The van der Waals surface area contributed by atoms with Gasteiger partial charge in [0.1, 0.15) is 6.29 Å². The molecule has 0 aromatic heterocycles. The summed E-state index contributed by atoms with van der Waals surface area (Å²) in [6.45, 7) is 0. The molecular formula is C8H11N3OS. The summed E-state index contributed by atoms with van der Waals surface area (Å²) in [5.41, 5.74) is 9.36. The predicted octanol–water partition coefficient (Wildman–Crippen LogP) is 0.845. The van der Waals surface area contributed by atoms with Crippen molar-refractivity contribution in [3.63, 3.8) is 0 Å². The molecule has 5 heteroatoms. The lowest BCUT2D eigenvalue weighted by Crippen LogP contribution is -2.08. The molecule has 0 aliphatic heterocycles. The first kappa shape index (κ1) is 9.88. The Morgan fingerprint density at radius 3 is 2.92 bits per heavy atom. The molecule has 0 fully saturated rings. The summed E-state index contributed by atoms with van der Waals surface area (Å²) in [5.74, 6) is 5.68. The number of nitrogen functional groups attached to an aromatic ring is 2. The Morgan fingerprint density at radius 2 is 2.31 bits per heavy atom. The number of aldehydes is 1. The molecule has 0 radical (unpaired) electrons. The molecule has 1 aromatic rings. The minimum Gasteiger partial charge on any atom is -0.397 e. The van der Waals surface area contributed by atoms with E-state index in [2.05, 4.69) is 5.43 Å². The van der Waals surface area contributed by atoms with Crippen LogP contribution in [-0.4, -0.2) is 12.0 Å². The van der Waals surface area contributed by atoms with E-state index in [0.717, 1.165) is 11.2 Å². The fraction of sp³-hybridized carbons (Fsp3) is 0.125. The molecule has 0 saturated carbocycles. The van der Waals surface area contributed by atoms with E-state index < -0.39 is 0 Å². The van der Waals surface area contributed by atoms with Crippen LogP contribution in [0.1, 0.15) is 0 Å². The van der Waals surface area contributed by atoms with E-state index in [9.17, 15) is 4.79 Å². The maximum Gasteiger partial charge on any atom is 0.130 e. The average molecular weight is 197 g/mol. The molecule has 4 nitrogen and oxygen atoms in total. The van der Waals surface area contributed by atoms with Crippen LogP contribution in [-0.2, 0) is 4.79 Å². The van der Waals surface area contributed by atoms with Crippen LogP contribution in [0.5, 0.6) is 0 Å². The highest BCUT2D eigenvalue weighted by molar-refractivity contribution is 7.99. The fourth-order valence-corrected chi connectivity index (χ4v) is 1.51.